The lowest BCUT2D eigenvalue weighted by Gasteiger charge is -2.33. The maximum Gasteiger partial charge on any atom is 0.417 e. The Balaban J connectivity index is 2.24. The molecule has 100 valence electrons. The SMILES string of the molecule is C[C@H]1CN(c2ncc(C(F)(F)F)cc2Cl)CCN1. The van der Waals surface area contributed by atoms with E-state index in [9.17, 15) is 13.2 Å². The summed E-state index contributed by atoms with van der Waals surface area (Å²) in [6.45, 7) is 4.13. The minimum Gasteiger partial charge on any atom is -0.353 e. The Morgan fingerprint density at radius 1 is 1.50 bits per heavy atom. The first-order valence-electron chi connectivity index (χ1n) is 5.59. The number of aromatic nitrogens is 1. The van der Waals surface area contributed by atoms with Crippen LogP contribution < -0.4 is 10.2 Å². The van der Waals surface area contributed by atoms with Gasteiger partial charge in [0, 0.05) is 31.9 Å². The summed E-state index contributed by atoms with van der Waals surface area (Å²) < 4.78 is 37.4. The van der Waals surface area contributed by atoms with Crippen molar-refractivity contribution in [2.75, 3.05) is 24.5 Å². The Kier molecular flexibility index (Phi) is 3.68. The van der Waals surface area contributed by atoms with Crippen molar-refractivity contribution in [3.05, 3.63) is 22.8 Å². The second-order valence-electron chi connectivity index (χ2n) is 4.33. The lowest BCUT2D eigenvalue weighted by atomic mass is 10.2. The Morgan fingerprint density at radius 2 is 2.22 bits per heavy atom. The van der Waals surface area contributed by atoms with Gasteiger partial charge in [-0.1, -0.05) is 11.6 Å². The molecule has 2 rings (SSSR count). The summed E-state index contributed by atoms with van der Waals surface area (Å²) in [6, 6.07) is 1.19. The second kappa shape index (κ2) is 4.93. The van der Waals surface area contributed by atoms with Gasteiger partial charge in [-0.15, -0.1) is 0 Å². The number of halogens is 4. The monoisotopic (exact) mass is 279 g/mol. The first kappa shape index (κ1) is 13.4. The molecule has 1 saturated heterocycles. The van der Waals surface area contributed by atoms with E-state index in [0.717, 1.165) is 18.8 Å². The summed E-state index contributed by atoms with van der Waals surface area (Å²) in [5.74, 6) is 0.415. The number of nitrogens with zero attached hydrogens (tertiary/aromatic N) is 2. The molecule has 0 aliphatic carbocycles. The lowest BCUT2D eigenvalue weighted by molar-refractivity contribution is -0.137. The van der Waals surface area contributed by atoms with Crippen molar-refractivity contribution in [1.29, 1.82) is 0 Å². The van der Waals surface area contributed by atoms with Crippen molar-refractivity contribution in [2.24, 2.45) is 0 Å². The predicted molar refractivity (Wildman–Crippen MR) is 63.9 cm³/mol. The maximum absolute atomic E-state index is 12.5. The summed E-state index contributed by atoms with van der Waals surface area (Å²) in [5, 5.41) is 3.28. The summed E-state index contributed by atoms with van der Waals surface area (Å²) >= 11 is 5.89. The van der Waals surface area contributed by atoms with Gasteiger partial charge in [-0.3, -0.25) is 0 Å². The number of anilines is 1. The van der Waals surface area contributed by atoms with E-state index in [1.54, 1.807) is 0 Å². The average Bonchev–Trinajstić information content (AvgIpc) is 2.27. The van der Waals surface area contributed by atoms with E-state index in [0.29, 0.717) is 18.9 Å². The van der Waals surface area contributed by atoms with Gasteiger partial charge in [0.2, 0.25) is 0 Å². The van der Waals surface area contributed by atoms with Crippen LogP contribution in [0.5, 0.6) is 0 Å². The Hall–Kier alpha value is -1.01. The Morgan fingerprint density at radius 3 is 2.78 bits per heavy atom. The van der Waals surface area contributed by atoms with Crippen molar-refractivity contribution < 1.29 is 13.2 Å². The Labute approximate surface area is 108 Å². The van der Waals surface area contributed by atoms with E-state index in [4.69, 9.17) is 11.6 Å². The normalized spacial score (nSPS) is 21.2. The van der Waals surface area contributed by atoms with Crippen LogP contribution >= 0.6 is 11.6 Å². The van der Waals surface area contributed by atoms with Crippen LogP contribution in [0.4, 0.5) is 19.0 Å². The van der Waals surface area contributed by atoms with E-state index in [-0.39, 0.29) is 11.1 Å². The van der Waals surface area contributed by atoms with Crippen LogP contribution in [0.15, 0.2) is 12.3 Å². The van der Waals surface area contributed by atoms with E-state index < -0.39 is 11.7 Å². The van der Waals surface area contributed by atoms with Gasteiger partial charge in [-0.25, -0.2) is 4.98 Å². The Bertz CT molecular complexity index is 436. The summed E-state index contributed by atoms with van der Waals surface area (Å²) in [6.07, 6.45) is -3.58. The molecule has 1 atom stereocenters. The highest BCUT2D eigenvalue weighted by molar-refractivity contribution is 6.33. The van der Waals surface area contributed by atoms with Gasteiger partial charge in [0.05, 0.1) is 10.6 Å². The molecule has 2 heterocycles. The third-order valence-electron chi connectivity index (χ3n) is 2.82. The number of pyridine rings is 1. The van der Waals surface area contributed by atoms with Gasteiger partial charge in [-0.2, -0.15) is 13.2 Å². The third-order valence-corrected chi connectivity index (χ3v) is 3.10. The lowest BCUT2D eigenvalue weighted by Crippen LogP contribution is -2.49. The topological polar surface area (TPSA) is 28.2 Å². The molecule has 1 fully saturated rings. The molecule has 0 bridgehead atoms. The van der Waals surface area contributed by atoms with E-state index >= 15 is 0 Å². The molecule has 1 aliphatic rings. The molecule has 0 radical (unpaired) electrons. The number of piperazine rings is 1. The van der Waals surface area contributed by atoms with Crippen LogP contribution in [0.25, 0.3) is 0 Å². The molecule has 0 amide bonds. The van der Waals surface area contributed by atoms with Gasteiger partial charge in [0.15, 0.2) is 0 Å². The number of alkyl halides is 3. The van der Waals surface area contributed by atoms with Crippen LogP contribution in [0, 0.1) is 0 Å². The fourth-order valence-corrected chi connectivity index (χ4v) is 2.23. The zero-order chi connectivity index (χ0) is 13.3. The van der Waals surface area contributed by atoms with Gasteiger partial charge in [0.1, 0.15) is 5.82 Å². The minimum absolute atomic E-state index is 0.0407. The smallest absolute Gasteiger partial charge is 0.353 e. The summed E-state index contributed by atoms with van der Waals surface area (Å²) in [4.78, 5) is 5.74. The standard InChI is InChI=1S/C11H13ClF3N3/c1-7-6-18(3-2-16-7)10-9(12)4-8(5-17-10)11(13,14)15/h4-5,7,16H,2-3,6H2,1H3/t7-/m0/s1. The highest BCUT2D eigenvalue weighted by Crippen LogP contribution is 2.33. The van der Waals surface area contributed by atoms with Crippen LogP contribution in [-0.2, 0) is 6.18 Å². The maximum atomic E-state index is 12.5. The molecule has 1 aliphatic heterocycles. The quantitative estimate of drug-likeness (QED) is 0.856. The summed E-state index contributed by atoms with van der Waals surface area (Å²) in [7, 11) is 0. The minimum atomic E-state index is -4.41. The zero-order valence-electron chi connectivity index (χ0n) is 9.76. The molecule has 1 aromatic rings. The molecular weight excluding hydrogens is 267 g/mol. The fraction of sp³-hybridized carbons (Fsp3) is 0.545. The van der Waals surface area contributed by atoms with E-state index in [1.165, 1.54) is 0 Å². The molecule has 1 N–H and O–H groups in total. The van der Waals surface area contributed by atoms with Crippen LogP contribution in [0.2, 0.25) is 5.02 Å². The average molecular weight is 280 g/mol. The highest BCUT2D eigenvalue weighted by Gasteiger charge is 2.32. The zero-order valence-corrected chi connectivity index (χ0v) is 10.5. The molecule has 7 heteroatoms. The largest absolute Gasteiger partial charge is 0.417 e. The number of rotatable bonds is 1. The fourth-order valence-electron chi connectivity index (χ4n) is 1.94. The molecule has 0 spiro atoms. The number of nitrogens with one attached hydrogen (secondary N) is 1. The van der Waals surface area contributed by atoms with Gasteiger partial charge < -0.3 is 10.2 Å². The molecule has 1 aromatic heterocycles. The molecule has 3 nitrogen and oxygen atoms in total. The predicted octanol–water partition coefficient (Wildman–Crippen LogP) is 2.55. The summed E-state index contributed by atoms with van der Waals surface area (Å²) in [5.41, 5.74) is -0.820. The van der Waals surface area contributed by atoms with E-state index in [1.807, 2.05) is 11.8 Å². The van der Waals surface area contributed by atoms with Crippen molar-refractivity contribution >= 4 is 17.4 Å². The molecular formula is C11H13ClF3N3. The second-order valence-corrected chi connectivity index (χ2v) is 4.74. The molecule has 0 aromatic carbocycles. The molecule has 18 heavy (non-hydrogen) atoms. The van der Waals surface area contributed by atoms with Crippen molar-refractivity contribution in [3.63, 3.8) is 0 Å². The van der Waals surface area contributed by atoms with Crippen molar-refractivity contribution in [1.82, 2.24) is 10.3 Å². The van der Waals surface area contributed by atoms with Crippen LogP contribution in [0.3, 0.4) is 0 Å². The van der Waals surface area contributed by atoms with Gasteiger partial charge in [-0.05, 0) is 13.0 Å². The van der Waals surface area contributed by atoms with Crippen molar-refractivity contribution in [2.45, 2.75) is 19.1 Å². The molecule has 0 unspecified atom stereocenters. The van der Waals surface area contributed by atoms with Crippen molar-refractivity contribution in [3.8, 4) is 0 Å². The number of hydrogen-bond acceptors (Lipinski definition) is 3. The van der Waals surface area contributed by atoms with E-state index in [2.05, 4.69) is 10.3 Å². The number of hydrogen-bond donors (Lipinski definition) is 1. The van der Waals surface area contributed by atoms with Gasteiger partial charge in [0.25, 0.3) is 0 Å². The van der Waals surface area contributed by atoms with Gasteiger partial charge >= 0.3 is 6.18 Å². The van der Waals surface area contributed by atoms with Crippen LogP contribution in [0.1, 0.15) is 12.5 Å². The van der Waals surface area contributed by atoms with Crippen LogP contribution in [-0.4, -0.2) is 30.7 Å². The third kappa shape index (κ3) is 2.87. The molecule has 0 saturated carbocycles. The first-order valence-corrected chi connectivity index (χ1v) is 5.97. The first-order chi connectivity index (χ1) is 8.38. The highest BCUT2D eigenvalue weighted by atomic mass is 35.5.